The quantitative estimate of drug-likeness (QED) is 0.0211. The normalized spacial score (nSPS) is 13.5. The number of aliphatic carboxylic acids is 1. The molecule has 0 spiro atoms. The Hall–Kier alpha value is -4.83. The molecule has 0 aromatic carbocycles. The van der Waals surface area contributed by atoms with E-state index in [4.69, 9.17) is 18.9 Å². The third kappa shape index (κ3) is 76.4. The van der Waals surface area contributed by atoms with E-state index in [1.54, 1.807) is 0 Å². The Morgan fingerprint density at radius 3 is 0.926 bits per heavy atom. The summed E-state index contributed by atoms with van der Waals surface area (Å²) < 4.78 is 22.9. The van der Waals surface area contributed by atoms with Gasteiger partial charge in [0.05, 0.1) is 34.4 Å². The molecule has 1 N–H and O–H groups in total. The van der Waals surface area contributed by atoms with Gasteiger partial charge >= 0.3 is 17.9 Å². The van der Waals surface area contributed by atoms with Crippen LogP contribution in [-0.2, 0) is 33.3 Å². The lowest BCUT2D eigenvalue weighted by molar-refractivity contribution is -0.870. The Morgan fingerprint density at radius 1 is 0.326 bits per heavy atom. The summed E-state index contributed by atoms with van der Waals surface area (Å²) in [4.78, 5) is 37.7. The second-order valence-corrected chi connectivity index (χ2v) is 26.9. The van der Waals surface area contributed by atoms with E-state index in [-0.39, 0.29) is 38.6 Å². The summed E-state index contributed by atoms with van der Waals surface area (Å²) in [5.41, 5.74) is 0. The molecule has 0 aromatic heterocycles. The number of carbonyl (C=O) groups excluding carboxylic acids is 2. The fourth-order valence-corrected chi connectivity index (χ4v) is 10.7. The molecule has 0 aliphatic heterocycles. The number of carboxylic acids is 1. The number of hydrogen-bond acceptors (Lipinski definition) is 7. The molecule has 0 aromatic rings. The van der Waals surface area contributed by atoms with E-state index >= 15 is 0 Å². The number of carbonyl (C=O) groups is 3. The number of esters is 2. The maximum Gasteiger partial charge on any atom is 0.361 e. The molecule has 0 radical (unpaired) electrons. The lowest BCUT2D eigenvalue weighted by Crippen LogP contribution is -2.40. The van der Waals surface area contributed by atoms with Crippen molar-refractivity contribution in [1.82, 2.24) is 0 Å². The molecular weight excluding hydrogens is 1170 g/mol. The summed E-state index contributed by atoms with van der Waals surface area (Å²) in [7, 11) is 5.96. The monoisotopic (exact) mass is 1320 g/mol. The molecule has 9 heteroatoms. The van der Waals surface area contributed by atoms with Gasteiger partial charge in [-0.25, -0.2) is 4.79 Å². The van der Waals surface area contributed by atoms with Gasteiger partial charge in [-0.3, -0.25) is 9.59 Å². The molecule has 2 unspecified atom stereocenters. The van der Waals surface area contributed by atoms with Crippen molar-refractivity contribution in [3.8, 4) is 0 Å². The summed E-state index contributed by atoms with van der Waals surface area (Å²) in [6.45, 7) is 4.70. The Balaban J connectivity index is 4.08. The summed E-state index contributed by atoms with van der Waals surface area (Å²) in [6.07, 6.45) is 107. The van der Waals surface area contributed by atoms with Gasteiger partial charge in [-0.2, -0.15) is 0 Å². The van der Waals surface area contributed by atoms with Crippen molar-refractivity contribution in [2.45, 2.75) is 334 Å². The number of nitrogens with zero attached hydrogens (tertiary/aromatic N) is 1. The molecule has 0 aliphatic carbocycles. The number of carboxylic acid groups (broad SMARTS) is 1. The highest BCUT2D eigenvalue weighted by Gasteiger charge is 2.25. The average molecular weight is 1320 g/mol. The van der Waals surface area contributed by atoms with Crippen LogP contribution in [0.4, 0.5) is 0 Å². The molecule has 95 heavy (non-hydrogen) atoms. The van der Waals surface area contributed by atoms with Gasteiger partial charge < -0.3 is 28.5 Å². The number of unbranched alkanes of at least 4 members (excludes halogenated alkanes) is 32. The van der Waals surface area contributed by atoms with Gasteiger partial charge in [-0.1, -0.05) is 339 Å². The van der Waals surface area contributed by atoms with Gasteiger partial charge in [-0.05, 0) is 116 Å². The van der Waals surface area contributed by atoms with Crippen LogP contribution >= 0.6 is 0 Å². The highest BCUT2D eigenvalue weighted by molar-refractivity contribution is 5.71. The zero-order valence-corrected chi connectivity index (χ0v) is 62.0. The van der Waals surface area contributed by atoms with Crippen molar-refractivity contribution in [2.24, 2.45) is 0 Å². The minimum absolute atomic E-state index is 0.171. The van der Waals surface area contributed by atoms with Gasteiger partial charge in [0.1, 0.15) is 13.2 Å². The van der Waals surface area contributed by atoms with Crippen molar-refractivity contribution in [1.29, 1.82) is 0 Å². The van der Waals surface area contributed by atoms with Crippen molar-refractivity contribution < 1.29 is 42.9 Å². The maximum atomic E-state index is 12.9. The summed E-state index contributed by atoms with van der Waals surface area (Å²) in [6, 6.07) is 0. The molecule has 2 atom stereocenters. The molecule has 0 fully saturated rings. The second-order valence-electron chi connectivity index (χ2n) is 26.9. The number of ether oxygens (including phenoxy) is 4. The third-order valence-electron chi connectivity index (χ3n) is 16.6. The lowest BCUT2D eigenvalue weighted by Gasteiger charge is -2.25. The zero-order valence-electron chi connectivity index (χ0n) is 62.0. The van der Waals surface area contributed by atoms with Gasteiger partial charge in [0.25, 0.3) is 6.29 Å². The molecule has 0 bridgehead atoms. The Kier molecular flexibility index (Phi) is 71.1. The van der Waals surface area contributed by atoms with Gasteiger partial charge in [0, 0.05) is 12.8 Å². The first kappa shape index (κ1) is 90.2. The minimum atomic E-state index is -1.54. The molecule has 0 rings (SSSR count). The first-order valence-corrected chi connectivity index (χ1v) is 39.0. The van der Waals surface area contributed by atoms with E-state index in [9.17, 15) is 19.5 Å². The van der Waals surface area contributed by atoms with Crippen LogP contribution in [0.2, 0.25) is 0 Å². The molecular formula is C86H146NO8+. The molecule has 542 valence electrons. The lowest BCUT2D eigenvalue weighted by atomic mass is 10.0. The minimum Gasteiger partial charge on any atom is -0.477 e. The first-order valence-electron chi connectivity index (χ1n) is 39.0. The van der Waals surface area contributed by atoms with E-state index in [1.165, 1.54) is 193 Å². The van der Waals surface area contributed by atoms with Crippen molar-refractivity contribution in [3.05, 3.63) is 146 Å². The fourth-order valence-electron chi connectivity index (χ4n) is 10.7. The molecule has 0 saturated heterocycles. The second kappa shape index (κ2) is 75.0. The van der Waals surface area contributed by atoms with Crippen LogP contribution in [0.5, 0.6) is 0 Å². The molecule has 0 saturated carbocycles. The third-order valence-corrected chi connectivity index (χ3v) is 16.6. The van der Waals surface area contributed by atoms with Crippen LogP contribution in [0.25, 0.3) is 0 Å². The highest BCUT2D eigenvalue weighted by atomic mass is 16.7. The fraction of sp³-hybridized carbons (Fsp3) is 0.686. The predicted octanol–water partition coefficient (Wildman–Crippen LogP) is 25.0. The molecule has 0 heterocycles. The standard InChI is InChI=1S/C86H145NO8/c1-6-8-10-12-14-16-18-20-22-24-26-28-30-32-34-36-37-38-39-40-41-42-43-44-45-46-47-49-50-52-54-56-58-60-62-64-66-68-70-72-74-76-83(88)93-80-82(81-94-86(85(90)91)92-79-78-87(3,4)5)95-84(89)77-75-73-71-69-67-65-63-61-59-57-55-53-51-48-35-33-31-29-27-25-23-21-19-17-15-13-11-9-7-2/h9,11,15,17-18,20-21,23-24,26-27,29-30,32-33,35,51,53,57,59,63,65,69,71,82,86H,6-8,10,12-14,16,19,22,25,28,31,34,36-50,52,54-56,58,60-62,64,66-68,70,72-81H2,1-5H3/p+1/b11-9-,17-15-,20-18-,23-21-,26-24-,29-27-,32-30-,35-33-,53-51-,59-57-,65-63-,71-69-. The van der Waals surface area contributed by atoms with Crippen molar-refractivity contribution >= 4 is 17.9 Å². The number of rotatable bonds is 71. The zero-order chi connectivity index (χ0) is 69.0. The van der Waals surface area contributed by atoms with Crippen LogP contribution in [0.1, 0.15) is 322 Å². The highest BCUT2D eigenvalue weighted by Crippen LogP contribution is 2.18. The van der Waals surface area contributed by atoms with Crippen LogP contribution in [0, 0.1) is 0 Å². The van der Waals surface area contributed by atoms with E-state index in [2.05, 4.69) is 160 Å². The van der Waals surface area contributed by atoms with Crippen LogP contribution in [-0.4, -0.2) is 87.4 Å². The van der Waals surface area contributed by atoms with Gasteiger partial charge in [-0.15, -0.1) is 0 Å². The SMILES string of the molecule is CC/C=C\C/C=C\C/C=C\C/C=C\C/C=C\C/C=C\C/C=C\C/C=C\C/C=C\CCCC(=O)OC(COC(=O)CCCCCCCCCCCCCCCCCCCCCCCCCCCC/C=C\C/C=C\C/C=C\CCCCCCC)COC(OCC[N+](C)(C)C)C(=O)O. The summed E-state index contributed by atoms with van der Waals surface area (Å²) in [5.74, 6) is -2.09. The number of likely N-dealkylation sites (N-methyl/N-ethyl adjacent to an activating group) is 1. The Labute approximate surface area is 585 Å². The van der Waals surface area contributed by atoms with Gasteiger partial charge in [0.2, 0.25) is 0 Å². The number of allylic oxidation sites excluding steroid dienone is 24. The summed E-state index contributed by atoms with van der Waals surface area (Å²) in [5, 5.41) is 9.76. The molecule has 0 aliphatic rings. The molecule has 9 nitrogen and oxygen atoms in total. The van der Waals surface area contributed by atoms with E-state index < -0.39 is 24.3 Å². The topological polar surface area (TPSA) is 108 Å². The smallest absolute Gasteiger partial charge is 0.361 e. The number of quaternary nitrogens is 1. The van der Waals surface area contributed by atoms with Crippen LogP contribution < -0.4 is 0 Å². The van der Waals surface area contributed by atoms with Crippen LogP contribution in [0.3, 0.4) is 0 Å². The van der Waals surface area contributed by atoms with Gasteiger partial charge in [0.15, 0.2) is 6.10 Å². The van der Waals surface area contributed by atoms with Crippen molar-refractivity contribution in [3.63, 3.8) is 0 Å². The van der Waals surface area contributed by atoms with E-state index in [0.717, 1.165) is 89.9 Å². The van der Waals surface area contributed by atoms with E-state index in [0.29, 0.717) is 23.9 Å². The largest absolute Gasteiger partial charge is 0.477 e. The Bertz CT molecular complexity index is 2080. The summed E-state index contributed by atoms with van der Waals surface area (Å²) >= 11 is 0. The molecule has 0 amide bonds. The first-order chi connectivity index (χ1) is 46.6. The van der Waals surface area contributed by atoms with Crippen molar-refractivity contribution in [2.75, 3.05) is 47.5 Å². The van der Waals surface area contributed by atoms with Crippen LogP contribution in [0.15, 0.2) is 146 Å². The predicted molar refractivity (Wildman–Crippen MR) is 410 cm³/mol. The average Bonchev–Trinajstić information content (AvgIpc) is 2.86. The Morgan fingerprint density at radius 2 is 0.611 bits per heavy atom. The maximum absolute atomic E-state index is 12.9. The number of hydrogen-bond donors (Lipinski definition) is 1. The van der Waals surface area contributed by atoms with E-state index in [1.807, 2.05) is 21.1 Å².